The number of halogens is 12. The first kappa shape index (κ1) is 30.5. The van der Waals surface area contributed by atoms with Crippen molar-refractivity contribution < 1.29 is 49.3 Å². The van der Waals surface area contributed by atoms with Gasteiger partial charge in [0.1, 0.15) is 0 Å². The van der Waals surface area contributed by atoms with Gasteiger partial charge in [-0.1, -0.05) is 0 Å². The maximum atomic E-state index is 9.77. The van der Waals surface area contributed by atoms with Gasteiger partial charge in [0.2, 0.25) is 0 Å². The third-order valence-corrected chi connectivity index (χ3v) is 0. The molecule has 0 N–H and O–H groups in total. The van der Waals surface area contributed by atoms with E-state index < -0.39 is 39.2 Å². The molecule has 104 valence electrons. The second-order valence-corrected chi connectivity index (χ2v) is 2.57. The molecule has 0 saturated heterocycles. The molecule has 0 nitrogen and oxygen atoms in total. The summed E-state index contributed by atoms with van der Waals surface area (Å²) in [6.45, 7) is 0. The van der Waals surface area contributed by atoms with Gasteiger partial charge in [-0.15, -0.1) is 0 Å². The van der Waals surface area contributed by atoms with Crippen molar-refractivity contribution in [3.05, 3.63) is 0 Å². The molecule has 0 spiro atoms. The predicted octanol–water partition coefficient (Wildman–Crippen LogP) is 3.14. The van der Waals surface area contributed by atoms with Gasteiger partial charge < -0.3 is 0 Å². The van der Waals surface area contributed by atoms with Crippen molar-refractivity contribution in [3.63, 3.8) is 0 Å². The SMILES string of the molecule is F[Si](F)F.F[Si](F)F.F[Si](F)F.F[Si](F)F.[Ge]. The minimum Gasteiger partial charge on any atom is -0.235 e. The fraction of sp³-hybridized carbons (Fsp3) is 0. The van der Waals surface area contributed by atoms with Crippen molar-refractivity contribution in [1.82, 2.24) is 0 Å². The monoisotopic (exact) mass is 414 g/mol. The zero-order valence-corrected chi connectivity index (χ0v) is 13.1. The van der Waals surface area contributed by atoms with E-state index in [0.717, 1.165) is 0 Å². The maximum Gasteiger partial charge on any atom is 0.705 e. The average Bonchev–Trinajstić information content (AvgIpc) is 1.76. The van der Waals surface area contributed by atoms with E-state index in [1.165, 1.54) is 0 Å². The van der Waals surface area contributed by atoms with Gasteiger partial charge in [0.15, 0.2) is 0 Å². The van der Waals surface area contributed by atoms with Crippen LogP contribution in [0.3, 0.4) is 0 Å². The Morgan fingerprint density at radius 2 is 0.294 bits per heavy atom. The van der Waals surface area contributed by atoms with Crippen LogP contribution in [0, 0.1) is 0 Å². The molecule has 0 amide bonds. The summed E-state index contributed by atoms with van der Waals surface area (Å²) in [5, 5.41) is 0. The van der Waals surface area contributed by atoms with Gasteiger partial charge in [-0.25, -0.2) is 49.3 Å². The predicted molar refractivity (Wildman–Crippen MR) is 42.1 cm³/mol. The molecule has 0 rings (SSSR count). The molecule has 0 unspecified atom stereocenters. The van der Waals surface area contributed by atoms with Gasteiger partial charge in [-0.3, -0.25) is 0 Å². The van der Waals surface area contributed by atoms with Crippen LogP contribution in [-0.4, -0.2) is 56.8 Å². The second-order valence-electron chi connectivity index (χ2n) is 0.857. The van der Waals surface area contributed by atoms with Crippen LogP contribution in [0.25, 0.3) is 0 Å². The Morgan fingerprint density at radius 3 is 0.294 bits per heavy atom. The van der Waals surface area contributed by atoms with Crippen molar-refractivity contribution in [3.8, 4) is 0 Å². The molecule has 0 fully saturated rings. The van der Waals surface area contributed by atoms with Gasteiger partial charge in [0, 0.05) is 17.6 Å². The Hall–Kier alpha value is 0.570. The normalized spacial score (nSPS) is 8.47. The Kier molecular flexibility index (Phi) is 45.7. The Labute approximate surface area is 106 Å². The van der Waals surface area contributed by atoms with E-state index in [9.17, 15) is 49.3 Å². The van der Waals surface area contributed by atoms with Crippen LogP contribution in [0.2, 0.25) is 0 Å². The van der Waals surface area contributed by atoms with Gasteiger partial charge in [-0.2, -0.15) is 0 Å². The summed E-state index contributed by atoms with van der Waals surface area (Å²) < 4.78 is 117. The smallest absolute Gasteiger partial charge is 0.235 e. The minimum absolute atomic E-state index is 0. The van der Waals surface area contributed by atoms with E-state index in [2.05, 4.69) is 0 Å². The van der Waals surface area contributed by atoms with Crippen LogP contribution >= 0.6 is 0 Å². The van der Waals surface area contributed by atoms with E-state index in [4.69, 9.17) is 0 Å². The van der Waals surface area contributed by atoms with Crippen LogP contribution in [0.4, 0.5) is 49.3 Å². The first-order valence-electron chi connectivity index (χ1n) is 2.27. The van der Waals surface area contributed by atoms with Crippen molar-refractivity contribution >= 4 is 56.8 Å². The molecule has 8 radical (unpaired) electrons. The summed E-state index contributed by atoms with van der Waals surface area (Å²) in [4.78, 5) is 0. The molecule has 0 aliphatic heterocycles. The van der Waals surface area contributed by atoms with E-state index in [1.807, 2.05) is 0 Å². The van der Waals surface area contributed by atoms with Gasteiger partial charge in [-0.05, 0) is 0 Å². The third kappa shape index (κ3) is 10800. The first-order valence-corrected chi connectivity index (χ1v) is 6.80. The molecule has 0 atom stereocenters. The molecule has 0 aliphatic rings. The number of hydrogen-bond donors (Lipinski definition) is 0. The summed E-state index contributed by atoms with van der Waals surface area (Å²) >= 11 is 0. The summed E-state index contributed by atoms with van der Waals surface area (Å²) in [6, 6.07) is 0. The standard InChI is InChI=1S/4F3Si.Ge/c4*1-4(2)3;. The zero-order valence-electron chi connectivity index (χ0n) is 7.04. The maximum absolute atomic E-state index is 9.77. The quantitative estimate of drug-likeness (QED) is 0.326. The summed E-state index contributed by atoms with van der Waals surface area (Å²) in [6.07, 6.45) is 0. The molecule has 0 bridgehead atoms. The molecular formula is F12GeSi4. The first-order chi connectivity index (χ1) is 6.93. The van der Waals surface area contributed by atoms with Crippen LogP contribution in [-0.2, 0) is 0 Å². The van der Waals surface area contributed by atoms with E-state index in [-0.39, 0.29) is 17.6 Å². The van der Waals surface area contributed by atoms with Crippen molar-refractivity contribution in [1.29, 1.82) is 0 Å². The van der Waals surface area contributed by atoms with Crippen LogP contribution in [0.15, 0.2) is 0 Å². The molecule has 0 aromatic rings. The Bertz CT molecular complexity index is 61.5. The topological polar surface area (TPSA) is 0 Å². The summed E-state index contributed by atoms with van der Waals surface area (Å²) in [5.74, 6) is 0. The average molecular weight is 413 g/mol. The van der Waals surface area contributed by atoms with E-state index in [0.29, 0.717) is 0 Å². The van der Waals surface area contributed by atoms with Crippen LogP contribution in [0.5, 0.6) is 0 Å². The molecule has 17 heteroatoms. The largest absolute Gasteiger partial charge is 0.705 e. The fourth-order valence-corrected chi connectivity index (χ4v) is 0. The van der Waals surface area contributed by atoms with Crippen molar-refractivity contribution in [2.45, 2.75) is 0 Å². The van der Waals surface area contributed by atoms with E-state index >= 15 is 0 Å². The van der Waals surface area contributed by atoms with Crippen LogP contribution in [0.1, 0.15) is 0 Å². The summed E-state index contributed by atoms with van der Waals surface area (Å²) in [7, 11) is -17.5. The van der Waals surface area contributed by atoms with Crippen molar-refractivity contribution in [2.75, 3.05) is 0 Å². The molecule has 0 aliphatic carbocycles. The molecular weight excluding hydrogens is 413 g/mol. The third-order valence-electron chi connectivity index (χ3n) is 0. The fourth-order valence-electron chi connectivity index (χ4n) is 0. The Balaban J connectivity index is -0.0000000369. The second kappa shape index (κ2) is 25.4. The Morgan fingerprint density at radius 1 is 0.294 bits per heavy atom. The molecule has 0 aromatic carbocycles. The molecule has 0 aromatic heterocycles. The molecule has 17 heavy (non-hydrogen) atoms. The molecule has 0 saturated carbocycles. The van der Waals surface area contributed by atoms with Crippen LogP contribution < -0.4 is 0 Å². The number of rotatable bonds is 0. The minimum atomic E-state index is -4.38. The van der Waals surface area contributed by atoms with Gasteiger partial charge in [0.25, 0.3) is 0 Å². The van der Waals surface area contributed by atoms with Gasteiger partial charge >= 0.3 is 39.2 Å². The zero-order chi connectivity index (χ0) is 14.3. The van der Waals surface area contributed by atoms with E-state index in [1.54, 1.807) is 0 Å². The van der Waals surface area contributed by atoms with Gasteiger partial charge in [0.05, 0.1) is 0 Å². The van der Waals surface area contributed by atoms with Crippen molar-refractivity contribution in [2.24, 2.45) is 0 Å². The summed E-state index contributed by atoms with van der Waals surface area (Å²) in [5.41, 5.74) is 0. The molecule has 0 heterocycles. The number of hydrogen-bond acceptors (Lipinski definition) is 0.